The number of rotatable bonds is 7. The molecule has 1 saturated carbocycles. The van der Waals surface area contributed by atoms with Gasteiger partial charge in [-0.2, -0.15) is 0 Å². The summed E-state index contributed by atoms with van der Waals surface area (Å²) in [5, 5.41) is 3.10. The Bertz CT molecular complexity index is 506. The molecular formula is C18H27N3OS. The fourth-order valence-electron chi connectivity index (χ4n) is 3.09. The standard InChI is InChI=1S/C18H27N3OS/c1-20(11-12-23-17-5-3-2-4-6-17)18(22)19-13-15-9-10-21(14-15)16-7-8-16/h2-6,15-16H,7-14H2,1H3,(H,19,22)/t15-/m1/s1. The van der Waals surface area contributed by atoms with E-state index in [0.29, 0.717) is 5.92 Å². The number of benzene rings is 1. The van der Waals surface area contributed by atoms with Gasteiger partial charge in [-0.3, -0.25) is 0 Å². The minimum atomic E-state index is 0.0588. The van der Waals surface area contributed by atoms with E-state index in [0.717, 1.165) is 24.9 Å². The van der Waals surface area contributed by atoms with Gasteiger partial charge in [0.1, 0.15) is 0 Å². The summed E-state index contributed by atoms with van der Waals surface area (Å²) in [5.41, 5.74) is 0. The highest BCUT2D eigenvalue weighted by atomic mass is 32.2. The topological polar surface area (TPSA) is 35.6 Å². The fraction of sp³-hybridized carbons (Fsp3) is 0.611. The normalized spacial score (nSPS) is 21.3. The highest BCUT2D eigenvalue weighted by Crippen LogP contribution is 2.31. The molecule has 126 valence electrons. The summed E-state index contributed by atoms with van der Waals surface area (Å²) in [5.74, 6) is 1.55. The second-order valence-corrected chi connectivity index (χ2v) is 7.82. The smallest absolute Gasteiger partial charge is 0.317 e. The van der Waals surface area contributed by atoms with Gasteiger partial charge in [0.15, 0.2) is 0 Å². The zero-order valence-corrected chi connectivity index (χ0v) is 14.7. The lowest BCUT2D eigenvalue weighted by Gasteiger charge is -2.20. The fourth-order valence-corrected chi connectivity index (χ4v) is 4.04. The Morgan fingerprint density at radius 1 is 1.30 bits per heavy atom. The lowest BCUT2D eigenvalue weighted by atomic mass is 10.1. The first-order chi connectivity index (χ1) is 11.2. The molecular weight excluding hydrogens is 306 g/mol. The van der Waals surface area contributed by atoms with Crippen molar-refractivity contribution in [2.75, 3.05) is 39.0 Å². The van der Waals surface area contributed by atoms with Crippen LogP contribution in [0.4, 0.5) is 4.79 Å². The van der Waals surface area contributed by atoms with Gasteiger partial charge in [-0.1, -0.05) is 18.2 Å². The van der Waals surface area contributed by atoms with E-state index in [9.17, 15) is 4.79 Å². The Hall–Kier alpha value is -1.20. The lowest BCUT2D eigenvalue weighted by Crippen LogP contribution is -2.41. The Labute approximate surface area is 143 Å². The molecule has 3 rings (SSSR count). The number of carbonyl (C=O) groups is 1. The summed E-state index contributed by atoms with van der Waals surface area (Å²) in [6.07, 6.45) is 3.98. The van der Waals surface area contributed by atoms with Crippen molar-refractivity contribution in [3.05, 3.63) is 30.3 Å². The number of urea groups is 1. The molecule has 0 unspecified atom stereocenters. The van der Waals surface area contributed by atoms with Crippen LogP contribution in [-0.4, -0.2) is 60.9 Å². The van der Waals surface area contributed by atoms with Gasteiger partial charge in [0.25, 0.3) is 0 Å². The van der Waals surface area contributed by atoms with Crippen LogP contribution >= 0.6 is 11.8 Å². The third-order valence-electron chi connectivity index (χ3n) is 4.71. The Morgan fingerprint density at radius 2 is 2.09 bits per heavy atom. The van der Waals surface area contributed by atoms with Crippen LogP contribution in [0.15, 0.2) is 35.2 Å². The minimum absolute atomic E-state index is 0.0588. The quantitative estimate of drug-likeness (QED) is 0.779. The molecule has 0 bridgehead atoms. The van der Waals surface area contributed by atoms with Gasteiger partial charge in [-0.05, 0) is 43.9 Å². The summed E-state index contributed by atoms with van der Waals surface area (Å²) in [7, 11) is 1.88. The van der Waals surface area contributed by atoms with Gasteiger partial charge < -0.3 is 15.1 Å². The predicted octanol–water partition coefficient (Wildman–Crippen LogP) is 2.90. The first-order valence-corrected chi connectivity index (χ1v) is 9.62. The van der Waals surface area contributed by atoms with E-state index in [2.05, 4.69) is 22.3 Å². The average molecular weight is 334 g/mol. The zero-order valence-electron chi connectivity index (χ0n) is 13.9. The molecule has 1 aliphatic carbocycles. The maximum atomic E-state index is 12.2. The number of likely N-dealkylation sites (tertiary alicyclic amines) is 1. The number of hydrogen-bond acceptors (Lipinski definition) is 3. The Kier molecular flexibility index (Phi) is 5.84. The molecule has 2 fully saturated rings. The summed E-state index contributed by atoms with van der Waals surface area (Å²) in [6.45, 7) is 3.97. The van der Waals surface area contributed by atoms with Crippen LogP contribution in [0.1, 0.15) is 19.3 Å². The largest absolute Gasteiger partial charge is 0.338 e. The van der Waals surface area contributed by atoms with Gasteiger partial charge in [-0.25, -0.2) is 4.79 Å². The van der Waals surface area contributed by atoms with E-state index in [1.807, 2.05) is 25.2 Å². The maximum Gasteiger partial charge on any atom is 0.317 e. The average Bonchev–Trinajstić information content (AvgIpc) is 3.32. The van der Waals surface area contributed by atoms with Crippen molar-refractivity contribution in [2.45, 2.75) is 30.2 Å². The van der Waals surface area contributed by atoms with Gasteiger partial charge in [0.05, 0.1) is 0 Å². The van der Waals surface area contributed by atoms with Gasteiger partial charge in [0, 0.05) is 43.4 Å². The van der Waals surface area contributed by atoms with E-state index in [4.69, 9.17) is 0 Å². The van der Waals surface area contributed by atoms with Crippen molar-refractivity contribution in [1.29, 1.82) is 0 Å². The second kappa shape index (κ2) is 8.06. The second-order valence-electron chi connectivity index (χ2n) is 6.65. The molecule has 2 amide bonds. The van der Waals surface area contributed by atoms with E-state index in [-0.39, 0.29) is 6.03 Å². The Morgan fingerprint density at radius 3 is 2.83 bits per heavy atom. The highest BCUT2D eigenvalue weighted by molar-refractivity contribution is 7.99. The summed E-state index contributed by atoms with van der Waals surface area (Å²) >= 11 is 1.79. The molecule has 0 spiro atoms. The summed E-state index contributed by atoms with van der Waals surface area (Å²) < 4.78 is 0. The first-order valence-electron chi connectivity index (χ1n) is 8.63. The van der Waals surface area contributed by atoms with Crippen molar-refractivity contribution in [3.8, 4) is 0 Å². The maximum absolute atomic E-state index is 12.2. The van der Waals surface area contributed by atoms with Crippen LogP contribution < -0.4 is 5.32 Å². The molecule has 1 saturated heterocycles. The van der Waals surface area contributed by atoms with Crippen LogP contribution in [0.3, 0.4) is 0 Å². The molecule has 2 aliphatic rings. The zero-order chi connectivity index (χ0) is 16.1. The molecule has 1 aliphatic heterocycles. The van der Waals surface area contributed by atoms with E-state index in [1.54, 1.807) is 16.7 Å². The predicted molar refractivity (Wildman–Crippen MR) is 95.9 cm³/mol. The van der Waals surface area contributed by atoms with Crippen molar-refractivity contribution in [3.63, 3.8) is 0 Å². The van der Waals surface area contributed by atoms with Gasteiger partial charge >= 0.3 is 6.03 Å². The molecule has 4 nitrogen and oxygen atoms in total. The number of amides is 2. The molecule has 23 heavy (non-hydrogen) atoms. The van der Waals surface area contributed by atoms with E-state index in [1.165, 1.54) is 37.2 Å². The monoisotopic (exact) mass is 333 g/mol. The van der Waals surface area contributed by atoms with Crippen molar-refractivity contribution in [2.24, 2.45) is 5.92 Å². The van der Waals surface area contributed by atoms with Crippen LogP contribution in [-0.2, 0) is 0 Å². The third kappa shape index (κ3) is 5.15. The lowest BCUT2D eigenvalue weighted by molar-refractivity contribution is 0.209. The number of nitrogens with zero attached hydrogens (tertiary/aromatic N) is 2. The van der Waals surface area contributed by atoms with Crippen LogP contribution in [0.5, 0.6) is 0 Å². The third-order valence-corrected chi connectivity index (χ3v) is 5.70. The number of thioether (sulfide) groups is 1. The van der Waals surface area contributed by atoms with Crippen LogP contribution in [0, 0.1) is 5.92 Å². The van der Waals surface area contributed by atoms with Crippen LogP contribution in [0.2, 0.25) is 0 Å². The first kappa shape index (κ1) is 16.7. The molecule has 0 radical (unpaired) electrons. The number of nitrogens with one attached hydrogen (secondary N) is 1. The van der Waals surface area contributed by atoms with Crippen molar-refractivity contribution >= 4 is 17.8 Å². The van der Waals surface area contributed by atoms with Crippen molar-refractivity contribution < 1.29 is 4.79 Å². The number of hydrogen-bond donors (Lipinski definition) is 1. The minimum Gasteiger partial charge on any atom is -0.338 e. The molecule has 1 heterocycles. The SMILES string of the molecule is CN(CCSc1ccccc1)C(=O)NC[C@H]1CCN(C2CC2)C1. The molecule has 0 aromatic heterocycles. The van der Waals surface area contributed by atoms with E-state index >= 15 is 0 Å². The molecule has 5 heteroatoms. The van der Waals surface area contributed by atoms with E-state index < -0.39 is 0 Å². The Balaban J connectivity index is 1.30. The molecule has 1 atom stereocenters. The summed E-state index contributed by atoms with van der Waals surface area (Å²) in [6, 6.07) is 11.2. The van der Waals surface area contributed by atoms with Gasteiger partial charge in [0.2, 0.25) is 0 Å². The summed E-state index contributed by atoms with van der Waals surface area (Å²) in [4.78, 5) is 17.8. The van der Waals surface area contributed by atoms with Crippen molar-refractivity contribution in [1.82, 2.24) is 15.1 Å². The van der Waals surface area contributed by atoms with Crippen LogP contribution in [0.25, 0.3) is 0 Å². The van der Waals surface area contributed by atoms with Gasteiger partial charge in [-0.15, -0.1) is 11.8 Å². The molecule has 1 aromatic carbocycles. The number of carbonyl (C=O) groups excluding carboxylic acids is 1. The molecule has 1 aromatic rings. The highest BCUT2D eigenvalue weighted by Gasteiger charge is 2.34. The molecule has 1 N–H and O–H groups in total.